The third-order valence-electron chi connectivity index (χ3n) is 3.48. The number of halogens is 3. The maximum Gasteiger partial charge on any atom is 0.340 e. The van der Waals surface area contributed by atoms with Crippen molar-refractivity contribution in [3.63, 3.8) is 0 Å². The molecule has 1 amide bonds. The molecule has 0 aliphatic rings. The summed E-state index contributed by atoms with van der Waals surface area (Å²) in [6.07, 6.45) is -1.34. The minimum atomic E-state index is -1.72. The normalized spacial score (nSPS) is 11.6. The van der Waals surface area contributed by atoms with Crippen LogP contribution < -0.4 is 5.32 Å². The van der Waals surface area contributed by atoms with Crippen LogP contribution >= 0.6 is 11.8 Å². The Kier molecular flexibility index (Phi) is 7.22. The van der Waals surface area contributed by atoms with Gasteiger partial charge in [-0.25, -0.2) is 18.0 Å². The van der Waals surface area contributed by atoms with Gasteiger partial charge in [-0.15, -0.1) is 11.8 Å². The van der Waals surface area contributed by atoms with Crippen LogP contribution in [-0.2, 0) is 14.3 Å². The number of thioether (sulfide) groups is 1. The largest absolute Gasteiger partial charge is 0.449 e. The van der Waals surface area contributed by atoms with Crippen molar-refractivity contribution in [1.82, 2.24) is 0 Å². The summed E-state index contributed by atoms with van der Waals surface area (Å²) in [7, 11) is 0. The summed E-state index contributed by atoms with van der Waals surface area (Å²) < 4.78 is 44.9. The summed E-state index contributed by atoms with van der Waals surface area (Å²) in [6.45, 7) is 2.66. The number of nitrogens with one attached hydrogen (secondary N) is 1. The second kappa shape index (κ2) is 9.41. The van der Waals surface area contributed by atoms with E-state index in [9.17, 15) is 27.6 Å². The Bertz CT molecular complexity index is 920. The molecule has 28 heavy (non-hydrogen) atoms. The standard InChI is InChI=1S/C19H16F3NO4S/c1-10(24)9-28-15-6-4-3-5-12(15)19(26)27-11(2)18(25)23-14-8-7-13(20)16(21)17(14)22/h3-8,11H,9H2,1-2H3,(H,23,25)/t11-/m1/s1. The summed E-state index contributed by atoms with van der Waals surface area (Å²) in [5.41, 5.74) is -0.420. The van der Waals surface area contributed by atoms with E-state index in [1.54, 1.807) is 18.2 Å². The average molecular weight is 411 g/mol. The minimum absolute atomic E-state index is 0.0746. The lowest BCUT2D eigenvalue weighted by molar-refractivity contribution is -0.123. The Morgan fingerprint density at radius 3 is 2.43 bits per heavy atom. The van der Waals surface area contributed by atoms with Crippen LogP contribution in [0, 0.1) is 17.5 Å². The average Bonchev–Trinajstić information content (AvgIpc) is 2.66. The molecule has 2 aromatic rings. The quantitative estimate of drug-likeness (QED) is 0.424. The predicted octanol–water partition coefficient (Wildman–Crippen LogP) is 3.97. The Labute approximate surface area is 163 Å². The zero-order valence-electron chi connectivity index (χ0n) is 14.9. The molecular weight excluding hydrogens is 395 g/mol. The van der Waals surface area contributed by atoms with Crippen LogP contribution in [0.2, 0.25) is 0 Å². The smallest absolute Gasteiger partial charge is 0.340 e. The monoisotopic (exact) mass is 411 g/mol. The van der Waals surface area contributed by atoms with Crippen LogP contribution in [0.1, 0.15) is 24.2 Å². The number of carbonyl (C=O) groups is 3. The van der Waals surface area contributed by atoms with Crippen molar-refractivity contribution in [3.8, 4) is 0 Å². The number of ether oxygens (including phenoxy) is 1. The zero-order valence-corrected chi connectivity index (χ0v) is 15.7. The summed E-state index contributed by atoms with van der Waals surface area (Å²) in [6, 6.07) is 7.90. The SMILES string of the molecule is CC(=O)CSc1ccccc1C(=O)O[C@H](C)C(=O)Nc1ccc(F)c(F)c1F. The number of benzene rings is 2. The van der Waals surface area contributed by atoms with E-state index in [-0.39, 0.29) is 17.1 Å². The summed E-state index contributed by atoms with van der Waals surface area (Å²) in [5.74, 6) is -6.33. The van der Waals surface area contributed by atoms with Gasteiger partial charge in [-0.3, -0.25) is 9.59 Å². The molecule has 0 saturated heterocycles. The number of hydrogen-bond acceptors (Lipinski definition) is 5. The van der Waals surface area contributed by atoms with E-state index >= 15 is 0 Å². The second-order valence-electron chi connectivity index (χ2n) is 5.75. The third-order valence-corrected chi connectivity index (χ3v) is 4.70. The number of Topliss-reactive ketones (excluding diaryl/α,β-unsaturated/α-hetero) is 1. The number of ketones is 1. The number of esters is 1. The molecule has 1 N–H and O–H groups in total. The number of rotatable bonds is 7. The van der Waals surface area contributed by atoms with E-state index in [1.165, 1.54) is 19.9 Å². The fourth-order valence-electron chi connectivity index (χ4n) is 2.07. The van der Waals surface area contributed by atoms with Crippen LogP contribution in [0.25, 0.3) is 0 Å². The molecule has 0 bridgehead atoms. The van der Waals surface area contributed by atoms with E-state index < -0.39 is 41.1 Å². The Balaban J connectivity index is 2.07. The van der Waals surface area contributed by atoms with Crippen molar-refractivity contribution in [3.05, 3.63) is 59.4 Å². The van der Waals surface area contributed by atoms with Crippen molar-refractivity contribution < 1.29 is 32.3 Å². The fraction of sp³-hybridized carbons (Fsp3) is 0.211. The van der Waals surface area contributed by atoms with E-state index in [0.29, 0.717) is 11.0 Å². The zero-order chi connectivity index (χ0) is 20.8. The number of amides is 1. The first-order valence-corrected chi connectivity index (χ1v) is 9.06. The molecule has 2 rings (SSSR count). The molecule has 0 aliphatic heterocycles. The first-order valence-electron chi connectivity index (χ1n) is 8.07. The van der Waals surface area contributed by atoms with Gasteiger partial charge in [0.1, 0.15) is 5.78 Å². The Morgan fingerprint density at radius 1 is 1.07 bits per heavy atom. The Morgan fingerprint density at radius 2 is 1.75 bits per heavy atom. The van der Waals surface area contributed by atoms with Gasteiger partial charge in [0, 0.05) is 4.90 Å². The highest BCUT2D eigenvalue weighted by molar-refractivity contribution is 8.00. The topological polar surface area (TPSA) is 72.5 Å². The molecule has 0 aromatic heterocycles. The van der Waals surface area contributed by atoms with Gasteiger partial charge in [-0.05, 0) is 38.1 Å². The van der Waals surface area contributed by atoms with Gasteiger partial charge in [0.25, 0.3) is 5.91 Å². The van der Waals surface area contributed by atoms with E-state index in [1.807, 2.05) is 5.32 Å². The molecule has 0 heterocycles. The highest BCUT2D eigenvalue weighted by Gasteiger charge is 2.23. The van der Waals surface area contributed by atoms with Gasteiger partial charge < -0.3 is 10.1 Å². The molecule has 0 spiro atoms. The van der Waals surface area contributed by atoms with Gasteiger partial charge in [0.15, 0.2) is 23.6 Å². The molecule has 0 unspecified atom stereocenters. The molecular formula is C19H16F3NO4S. The minimum Gasteiger partial charge on any atom is -0.449 e. The lowest BCUT2D eigenvalue weighted by atomic mass is 10.2. The summed E-state index contributed by atoms with van der Waals surface area (Å²) in [5, 5.41) is 2.04. The number of anilines is 1. The van der Waals surface area contributed by atoms with Crippen LogP contribution in [-0.4, -0.2) is 29.5 Å². The predicted molar refractivity (Wildman–Crippen MR) is 97.7 cm³/mol. The van der Waals surface area contributed by atoms with Gasteiger partial charge in [-0.2, -0.15) is 0 Å². The van der Waals surface area contributed by atoms with Crippen molar-refractivity contribution in [2.45, 2.75) is 24.8 Å². The molecule has 2 aromatic carbocycles. The molecule has 0 saturated carbocycles. The lowest BCUT2D eigenvalue weighted by Gasteiger charge is -2.15. The Hall–Kier alpha value is -2.81. The van der Waals surface area contributed by atoms with Crippen LogP contribution in [0.3, 0.4) is 0 Å². The molecule has 148 valence electrons. The van der Waals surface area contributed by atoms with Crippen molar-refractivity contribution >= 4 is 35.1 Å². The van der Waals surface area contributed by atoms with Gasteiger partial charge in [0.05, 0.1) is 17.0 Å². The van der Waals surface area contributed by atoms with Crippen LogP contribution in [0.5, 0.6) is 0 Å². The fourth-order valence-corrected chi connectivity index (χ4v) is 2.92. The number of carbonyl (C=O) groups excluding carboxylic acids is 3. The molecule has 9 heteroatoms. The molecule has 0 fully saturated rings. The van der Waals surface area contributed by atoms with E-state index in [2.05, 4.69) is 0 Å². The molecule has 5 nitrogen and oxygen atoms in total. The summed E-state index contributed by atoms with van der Waals surface area (Å²) >= 11 is 1.15. The highest BCUT2D eigenvalue weighted by atomic mass is 32.2. The van der Waals surface area contributed by atoms with Gasteiger partial charge in [0.2, 0.25) is 0 Å². The van der Waals surface area contributed by atoms with Gasteiger partial charge in [-0.1, -0.05) is 12.1 Å². The molecule has 1 atom stereocenters. The number of hydrogen-bond donors (Lipinski definition) is 1. The second-order valence-corrected chi connectivity index (χ2v) is 6.76. The van der Waals surface area contributed by atoms with Crippen molar-refractivity contribution in [2.75, 3.05) is 11.1 Å². The first kappa shape index (κ1) is 21.5. The maximum atomic E-state index is 13.6. The van der Waals surface area contributed by atoms with Crippen LogP contribution in [0.15, 0.2) is 41.3 Å². The van der Waals surface area contributed by atoms with Crippen LogP contribution in [0.4, 0.5) is 18.9 Å². The third kappa shape index (κ3) is 5.35. The first-order chi connectivity index (χ1) is 13.2. The molecule has 0 radical (unpaired) electrons. The van der Waals surface area contributed by atoms with Gasteiger partial charge >= 0.3 is 5.97 Å². The van der Waals surface area contributed by atoms with Crippen molar-refractivity contribution in [2.24, 2.45) is 0 Å². The maximum absolute atomic E-state index is 13.6. The molecule has 0 aliphatic carbocycles. The van der Waals surface area contributed by atoms with E-state index in [0.717, 1.165) is 17.8 Å². The van der Waals surface area contributed by atoms with E-state index in [4.69, 9.17) is 4.74 Å². The lowest BCUT2D eigenvalue weighted by Crippen LogP contribution is -2.30. The van der Waals surface area contributed by atoms with Crippen molar-refractivity contribution in [1.29, 1.82) is 0 Å². The highest BCUT2D eigenvalue weighted by Crippen LogP contribution is 2.24. The summed E-state index contributed by atoms with van der Waals surface area (Å²) in [4.78, 5) is 36.1.